The van der Waals surface area contributed by atoms with Gasteiger partial charge in [0.05, 0.1) is 7.05 Å². The molecule has 3 rings (SSSR count). The number of anilines is 2. The fourth-order valence-electron chi connectivity index (χ4n) is 2.73. The zero-order valence-electron chi connectivity index (χ0n) is 11.7. The van der Waals surface area contributed by atoms with E-state index in [-0.39, 0.29) is 0 Å². The first-order valence-electron chi connectivity index (χ1n) is 7.13. The van der Waals surface area contributed by atoms with E-state index in [1.807, 2.05) is 18.2 Å². The zero-order valence-corrected chi connectivity index (χ0v) is 11.7. The van der Waals surface area contributed by atoms with E-state index in [4.69, 9.17) is 5.73 Å². The van der Waals surface area contributed by atoms with Crippen LogP contribution in [0.3, 0.4) is 0 Å². The molecule has 1 fully saturated rings. The first-order chi connectivity index (χ1) is 9.72. The van der Waals surface area contributed by atoms with Gasteiger partial charge in [-0.05, 0) is 36.3 Å². The summed E-state index contributed by atoms with van der Waals surface area (Å²) in [4.78, 5) is 1.43. The van der Waals surface area contributed by atoms with Gasteiger partial charge in [-0.25, -0.2) is 0 Å². The lowest BCUT2D eigenvalue weighted by atomic mass is 9.95. The van der Waals surface area contributed by atoms with Crippen molar-refractivity contribution in [2.45, 2.75) is 38.1 Å². The van der Waals surface area contributed by atoms with Crippen LogP contribution in [0, 0.1) is 0 Å². The predicted octanol–water partition coefficient (Wildman–Crippen LogP) is 2.20. The summed E-state index contributed by atoms with van der Waals surface area (Å²) >= 11 is 0. The molecule has 0 aliphatic heterocycles. The van der Waals surface area contributed by atoms with Gasteiger partial charge in [0, 0.05) is 23.0 Å². The van der Waals surface area contributed by atoms with Crippen LogP contribution in [-0.4, -0.2) is 26.2 Å². The van der Waals surface area contributed by atoms with E-state index < -0.39 is 0 Å². The Kier molecular flexibility index (Phi) is 3.54. The highest BCUT2D eigenvalue weighted by molar-refractivity contribution is 5.75. The molecular formula is C14H20N6. The van der Waals surface area contributed by atoms with E-state index in [0.29, 0.717) is 17.6 Å². The van der Waals surface area contributed by atoms with Crippen LogP contribution in [0.2, 0.25) is 0 Å². The van der Waals surface area contributed by atoms with Crippen LogP contribution in [0.4, 0.5) is 11.4 Å². The van der Waals surface area contributed by atoms with E-state index in [1.54, 1.807) is 7.05 Å². The molecule has 1 aliphatic rings. The molecule has 3 N–H and O–H groups in total. The van der Waals surface area contributed by atoms with Crippen molar-refractivity contribution in [2.24, 2.45) is 7.05 Å². The second-order valence-electron chi connectivity index (χ2n) is 5.38. The molecule has 20 heavy (non-hydrogen) atoms. The van der Waals surface area contributed by atoms with E-state index in [1.165, 1.54) is 36.9 Å². The number of benzene rings is 1. The molecule has 1 aromatic heterocycles. The van der Waals surface area contributed by atoms with Crippen LogP contribution in [0.15, 0.2) is 18.2 Å². The molecule has 0 unspecified atom stereocenters. The molecule has 1 saturated carbocycles. The zero-order chi connectivity index (χ0) is 13.9. The van der Waals surface area contributed by atoms with Crippen molar-refractivity contribution in [1.29, 1.82) is 0 Å². The monoisotopic (exact) mass is 272 g/mol. The molecule has 1 heterocycles. The van der Waals surface area contributed by atoms with Crippen molar-refractivity contribution >= 4 is 11.4 Å². The minimum Gasteiger partial charge on any atom is -0.398 e. The Morgan fingerprint density at radius 1 is 1.25 bits per heavy atom. The van der Waals surface area contributed by atoms with Crippen molar-refractivity contribution in [3.63, 3.8) is 0 Å². The van der Waals surface area contributed by atoms with Crippen molar-refractivity contribution in [3.8, 4) is 11.4 Å². The molecule has 0 bridgehead atoms. The van der Waals surface area contributed by atoms with Gasteiger partial charge in [-0.15, -0.1) is 10.2 Å². The second kappa shape index (κ2) is 5.48. The van der Waals surface area contributed by atoms with E-state index in [2.05, 4.69) is 20.7 Å². The molecule has 0 amide bonds. The standard InChI is InChI=1S/C14H20N6/c1-20-18-14(17-19-20)12-8-7-11(9-13(12)15)16-10-5-3-2-4-6-10/h7-10,16H,2-6,15H2,1H3. The molecule has 106 valence electrons. The molecule has 1 aliphatic carbocycles. The molecule has 1 aromatic carbocycles. The largest absolute Gasteiger partial charge is 0.398 e. The van der Waals surface area contributed by atoms with Gasteiger partial charge >= 0.3 is 0 Å². The molecule has 6 heteroatoms. The van der Waals surface area contributed by atoms with Gasteiger partial charge in [-0.1, -0.05) is 19.3 Å². The van der Waals surface area contributed by atoms with Gasteiger partial charge in [0.2, 0.25) is 5.82 Å². The highest BCUT2D eigenvalue weighted by atomic mass is 15.6. The third-order valence-corrected chi connectivity index (χ3v) is 3.78. The van der Waals surface area contributed by atoms with E-state index in [0.717, 1.165) is 11.3 Å². The van der Waals surface area contributed by atoms with Gasteiger partial charge < -0.3 is 11.1 Å². The van der Waals surface area contributed by atoms with Gasteiger partial charge in [-0.2, -0.15) is 4.80 Å². The smallest absolute Gasteiger partial charge is 0.206 e. The van der Waals surface area contributed by atoms with Crippen molar-refractivity contribution in [3.05, 3.63) is 18.2 Å². The number of nitrogen functional groups attached to an aromatic ring is 1. The van der Waals surface area contributed by atoms with Crippen LogP contribution < -0.4 is 11.1 Å². The summed E-state index contributed by atoms with van der Waals surface area (Å²) < 4.78 is 0. The van der Waals surface area contributed by atoms with Crippen LogP contribution >= 0.6 is 0 Å². The minimum atomic E-state index is 0.564. The Bertz CT molecular complexity index is 585. The molecular weight excluding hydrogens is 252 g/mol. The quantitative estimate of drug-likeness (QED) is 0.837. The summed E-state index contributed by atoms with van der Waals surface area (Å²) in [5.74, 6) is 0.564. The fraction of sp³-hybridized carbons (Fsp3) is 0.500. The first kappa shape index (κ1) is 12.9. The number of aryl methyl sites for hydroxylation is 1. The average molecular weight is 272 g/mol. The number of hydrogen-bond acceptors (Lipinski definition) is 5. The third kappa shape index (κ3) is 2.74. The second-order valence-corrected chi connectivity index (χ2v) is 5.38. The van der Waals surface area contributed by atoms with Crippen LogP contribution in [-0.2, 0) is 7.05 Å². The highest BCUT2D eigenvalue weighted by Crippen LogP contribution is 2.27. The normalized spacial score (nSPS) is 16.2. The Morgan fingerprint density at radius 2 is 2.05 bits per heavy atom. The maximum Gasteiger partial charge on any atom is 0.206 e. The van der Waals surface area contributed by atoms with E-state index >= 15 is 0 Å². The van der Waals surface area contributed by atoms with Gasteiger partial charge in [0.15, 0.2) is 0 Å². The third-order valence-electron chi connectivity index (χ3n) is 3.78. The topological polar surface area (TPSA) is 81.7 Å². The molecule has 6 nitrogen and oxygen atoms in total. The van der Waals surface area contributed by atoms with E-state index in [9.17, 15) is 0 Å². The van der Waals surface area contributed by atoms with Crippen molar-refractivity contribution < 1.29 is 0 Å². The lowest BCUT2D eigenvalue weighted by Crippen LogP contribution is -2.22. The van der Waals surface area contributed by atoms with Crippen molar-refractivity contribution in [2.75, 3.05) is 11.1 Å². The summed E-state index contributed by atoms with van der Waals surface area (Å²) in [5, 5.41) is 15.6. The number of nitrogens with one attached hydrogen (secondary N) is 1. The van der Waals surface area contributed by atoms with Gasteiger partial charge in [0.25, 0.3) is 0 Å². The van der Waals surface area contributed by atoms with Crippen molar-refractivity contribution in [1.82, 2.24) is 20.2 Å². The summed E-state index contributed by atoms with van der Waals surface area (Å²) in [6.07, 6.45) is 6.47. The summed E-state index contributed by atoms with van der Waals surface area (Å²) in [5.41, 5.74) is 8.69. The Labute approximate surface area is 118 Å². The average Bonchev–Trinajstić information content (AvgIpc) is 2.86. The number of nitrogens with two attached hydrogens (primary N) is 1. The molecule has 2 aromatic rings. The predicted molar refractivity (Wildman–Crippen MR) is 79.1 cm³/mol. The molecule has 0 saturated heterocycles. The van der Waals surface area contributed by atoms with Crippen LogP contribution in [0.25, 0.3) is 11.4 Å². The molecule has 0 atom stereocenters. The first-order valence-corrected chi connectivity index (χ1v) is 7.13. The Hall–Kier alpha value is -2.11. The lowest BCUT2D eigenvalue weighted by molar-refractivity contribution is 0.463. The molecule has 0 spiro atoms. The van der Waals surface area contributed by atoms with Crippen LogP contribution in [0.5, 0.6) is 0 Å². The number of hydrogen-bond donors (Lipinski definition) is 2. The van der Waals surface area contributed by atoms with Crippen LogP contribution in [0.1, 0.15) is 32.1 Å². The Morgan fingerprint density at radius 3 is 2.70 bits per heavy atom. The summed E-state index contributed by atoms with van der Waals surface area (Å²) in [6, 6.07) is 6.53. The number of aromatic nitrogens is 4. The SMILES string of the molecule is Cn1nnc(-c2ccc(NC3CCCCC3)cc2N)n1. The number of rotatable bonds is 3. The fourth-order valence-corrected chi connectivity index (χ4v) is 2.73. The van der Waals surface area contributed by atoms with Gasteiger partial charge in [-0.3, -0.25) is 0 Å². The maximum atomic E-state index is 6.11. The minimum absolute atomic E-state index is 0.564. The summed E-state index contributed by atoms with van der Waals surface area (Å²) in [6.45, 7) is 0. The van der Waals surface area contributed by atoms with Gasteiger partial charge in [0.1, 0.15) is 0 Å². The highest BCUT2D eigenvalue weighted by Gasteiger charge is 2.14. The molecule has 0 radical (unpaired) electrons. The summed E-state index contributed by atoms with van der Waals surface area (Å²) in [7, 11) is 1.74. The number of tetrazole rings is 1. The number of nitrogens with zero attached hydrogens (tertiary/aromatic N) is 4. The maximum absolute atomic E-state index is 6.11. The Balaban J connectivity index is 1.76. The lowest BCUT2D eigenvalue weighted by Gasteiger charge is -2.24.